The van der Waals surface area contributed by atoms with E-state index in [4.69, 9.17) is 17.7 Å². The van der Waals surface area contributed by atoms with E-state index in [-0.39, 0.29) is 12.1 Å². The Morgan fingerprint density at radius 1 is 1.11 bits per heavy atom. The van der Waals surface area contributed by atoms with Gasteiger partial charge in [-0.05, 0) is 63.9 Å². The Labute approximate surface area is 218 Å². The van der Waals surface area contributed by atoms with Crippen molar-refractivity contribution in [3.05, 3.63) is 48.9 Å². The van der Waals surface area contributed by atoms with E-state index >= 15 is 0 Å². The molecule has 14 heteroatoms. The molecule has 0 saturated carbocycles. The summed E-state index contributed by atoms with van der Waals surface area (Å²) in [6.45, 7) is 7.27. The van der Waals surface area contributed by atoms with Crippen LogP contribution in [0, 0.1) is 0 Å². The van der Waals surface area contributed by atoms with Crippen molar-refractivity contribution in [2.24, 2.45) is 0 Å². The number of pyridine rings is 1. The van der Waals surface area contributed by atoms with E-state index in [1.54, 1.807) is 12.4 Å². The molecule has 2 N–H and O–H groups in total. The molecule has 1 aliphatic heterocycles. The highest BCUT2D eigenvalue weighted by atomic mass is 32.2. The van der Waals surface area contributed by atoms with E-state index in [1.807, 2.05) is 51.2 Å². The fourth-order valence-electron chi connectivity index (χ4n) is 3.78. The molecule has 1 fully saturated rings. The summed E-state index contributed by atoms with van der Waals surface area (Å²) < 4.78 is 63.0. The number of rotatable bonds is 3. The molecule has 1 saturated heterocycles. The SMILES string of the molecule is CC(C)(C)OC(=O)NC1CCCN(c2ccnc3ccc(-c4ncccn4)cc23)C1.O=S(=O)(O)C(F)(F)F. The molecule has 3 aromatic rings. The molecule has 38 heavy (non-hydrogen) atoms. The minimum atomic E-state index is -5.84. The average molecular weight is 556 g/mol. The predicted molar refractivity (Wildman–Crippen MR) is 135 cm³/mol. The van der Waals surface area contributed by atoms with Crippen molar-refractivity contribution in [2.45, 2.75) is 50.8 Å². The summed E-state index contributed by atoms with van der Waals surface area (Å²) in [5.74, 6) is 0.692. The number of fused-ring (bicyclic) bond motifs is 1. The molecule has 2 aromatic heterocycles. The van der Waals surface area contributed by atoms with Crippen molar-refractivity contribution >= 4 is 32.8 Å². The molecule has 1 aromatic carbocycles. The second-order valence-electron chi connectivity index (χ2n) is 9.49. The first-order valence-electron chi connectivity index (χ1n) is 11.6. The van der Waals surface area contributed by atoms with Crippen LogP contribution < -0.4 is 10.2 Å². The molecular weight excluding hydrogens is 527 g/mol. The number of aromatic nitrogens is 3. The third-order valence-corrected chi connectivity index (χ3v) is 5.90. The van der Waals surface area contributed by atoms with Gasteiger partial charge in [0.05, 0.1) is 5.52 Å². The van der Waals surface area contributed by atoms with Gasteiger partial charge in [-0.3, -0.25) is 9.54 Å². The van der Waals surface area contributed by atoms with E-state index in [1.165, 1.54) is 0 Å². The zero-order valence-corrected chi connectivity index (χ0v) is 21.8. The molecular formula is C24H28F3N5O5S. The third kappa shape index (κ3) is 7.99. The minimum absolute atomic E-state index is 0.0393. The molecule has 0 bridgehead atoms. The van der Waals surface area contributed by atoms with Crippen molar-refractivity contribution in [2.75, 3.05) is 18.0 Å². The monoisotopic (exact) mass is 555 g/mol. The van der Waals surface area contributed by atoms with Crippen LogP contribution in [-0.4, -0.2) is 64.3 Å². The largest absolute Gasteiger partial charge is 0.522 e. The number of anilines is 1. The Hall–Kier alpha value is -3.52. The normalized spacial score (nSPS) is 16.4. The number of alkyl halides is 3. The summed E-state index contributed by atoms with van der Waals surface area (Å²) in [6, 6.07) is 9.98. The lowest BCUT2D eigenvalue weighted by Crippen LogP contribution is -2.49. The molecule has 3 heterocycles. The topological polar surface area (TPSA) is 135 Å². The number of amides is 1. The number of ether oxygens (including phenoxy) is 1. The van der Waals surface area contributed by atoms with Gasteiger partial charge in [0.1, 0.15) is 5.60 Å². The minimum Gasteiger partial charge on any atom is -0.444 e. The number of halogens is 3. The summed E-state index contributed by atoms with van der Waals surface area (Å²) in [5, 5.41) is 4.08. The van der Waals surface area contributed by atoms with E-state index in [0.29, 0.717) is 5.82 Å². The van der Waals surface area contributed by atoms with Crippen LogP contribution in [0.2, 0.25) is 0 Å². The fraction of sp³-hybridized carbons (Fsp3) is 0.417. The lowest BCUT2D eigenvalue weighted by molar-refractivity contribution is -0.0510. The van der Waals surface area contributed by atoms with Crippen molar-refractivity contribution in [1.29, 1.82) is 0 Å². The first kappa shape index (κ1) is 29.0. The zero-order valence-electron chi connectivity index (χ0n) is 20.9. The van der Waals surface area contributed by atoms with Crippen molar-refractivity contribution in [3.8, 4) is 11.4 Å². The Morgan fingerprint density at radius 3 is 2.37 bits per heavy atom. The Balaban J connectivity index is 0.000000436. The van der Waals surface area contributed by atoms with Crippen molar-refractivity contribution in [3.63, 3.8) is 0 Å². The Morgan fingerprint density at radius 2 is 1.76 bits per heavy atom. The van der Waals surface area contributed by atoms with E-state index in [0.717, 1.165) is 48.1 Å². The summed E-state index contributed by atoms with van der Waals surface area (Å²) in [6.07, 6.45) is 6.88. The zero-order chi connectivity index (χ0) is 28.1. The summed E-state index contributed by atoms with van der Waals surface area (Å²) in [5.41, 5.74) is -3.05. The number of nitrogens with zero attached hydrogens (tertiary/aromatic N) is 4. The number of benzene rings is 1. The number of piperidine rings is 1. The van der Waals surface area contributed by atoms with E-state index in [9.17, 15) is 18.0 Å². The fourth-order valence-corrected chi connectivity index (χ4v) is 3.78. The third-order valence-electron chi connectivity index (χ3n) is 5.32. The molecule has 1 amide bonds. The standard InChI is InChI=1S/C23H27N5O2.CHF3O3S/c1-23(2,3)30-22(29)27-17-6-4-13-28(15-17)20-9-12-24-19-8-7-16(14-18(19)20)21-25-10-5-11-26-21;2-1(3,4)8(5,6)7/h5,7-12,14,17H,4,6,13,15H2,1-3H3,(H,27,29);(H,5,6,7). The predicted octanol–water partition coefficient (Wildman–Crippen LogP) is 4.58. The van der Waals surface area contributed by atoms with Crippen LogP contribution in [0.3, 0.4) is 0 Å². The van der Waals surface area contributed by atoms with Gasteiger partial charge in [-0.15, -0.1) is 0 Å². The van der Waals surface area contributed by atoms with Gasteiger partial charge in [-0.25, -0.2) is 14.8 Å². The molecule has 0 radical (unpaired) electrons. The van der Waals surface area contributed by atoms with Gasteiger partial charge in [0.25, 0.3) is 0 Å². The van der Waals surface area contributed by atoms with Crippen LogP contribution in [0.25, 0.3) is 22.3 Å². The quantitative estimate of drug-likeness (QED) is 0.352. The second kappa shape index (κ2) is 11.5. The molecule has 1 atom stereocenters. The molecule has 0 aliphatic carbocycles. The van der Waals surface area contributed by atoms with Gasteiger partial charge in [-0.1, -0.05) is 0 Å². The molecule has 1 aliphatic rings. The first-order chi connectivity index (χ1) is 17.6. The number of alkyl carbamates (subject to hydrolysis) is 1. The smallest absolute Gasteiger partial charge is 0.444 e. The van der Waals surface area contributed by atoms with Gasteiger partial charge in [0.15, 0.2) is 5.82 Å². The maximum atomic E-state index is 12.2. The molecule has 4 rings (SSSR count). The van der Waals surface area contributed by atoms with Crippen LogP contribution >= 0.6 is 0 Å². The van der Waals surface area contributed by atoms with Crippen LogP contribution in [0.1, 0.15) is 33.6 Å². The van der Waals surface area contributed by atoms with E-state index in [2.05, 4.69) is 31.2 Å². The lowest BCUT2D eigenvalue weighted by atomic mass is 10.0. The van der Waals surface area contributed by atoms with Crippen molar-refractivity contribution < 1.29 is 35.7 Å². The Kier molecular flexibility index (Phi) is 8.77. The van der Waals surface area contributed by atoms with Crippen LogP contribution in [0.4, 0.5) is 23.7 Å². The maximum Gasteiger partial charge on any atom is 0.522 e. The molecule has 206 valence electrons. The van der Waals surface area contributed by atoms with Gasteiger partial charge < -0.3 is 15.0 Å². The van der Waals surface area contributed by atoms with Gasteiger partial charge in [0.2, 0.25) is 0 Å². The van der Waals surface area contributed by atoms with Gasteiger partial charge >= 0.3 is 21.7 Å². The van der Waals surface area contributed by atoms with Crippen LogP contribution in [-0.2, 0) is 14.9 Å². The number of hydrogen-bond donors (Lipinski definition) is 2. The molecule has 1 unspecified atom stereocenters. The van der Waals surface area contributed by atoms with E-state index < -0.39 is 21.2 Å². The number of carbonyl (C=O) groups is 1. The Bertz CT molecular complexity index is 1370. The summed E-state index contributed by atoms with van der Waals surface area (Å²) in [4.78, 5) is 27.8. The number of nitrogens with one attached hydrogen (secondary N) is 1. The highest BCUT2D eigenvalue weighted by Gasteiger charge is 2.44. The first-order valence-corrected chi connectivity index (χ1v) is 13.0. The van der Waals surface area contributed by atoms with Crippen LogP contribution in [0.15, 0.2) is 48.9 Å². The number of carbonyl (C=O) groups excluding carboxylic acids is 1. The second-order valence-corrected chi connectivity index (χ2v) is 10.9. The van der Waals surface area contributed by atoms with Crippen LogP contribution in [0.5, 0.6) is 0 Å². The average Bonchev–Trinajstić information content (AvgIpc) is 2.82. The summed E-state index contributed by atoms with van der Waals surface area (Å²) >= 11 is 0. The number of hydrogen-bond acceptors (Lipinski definition) is 8. The van der Waals surface area contributed by atoms with Gasteiger partial charge in [-0.2, -0.15) is 21.6 Å². The van der Waals surface area contributed by atoms with Gasteiger partial charge in [0, 0.05) is 54.4 Å². The summed E-state index contributed by atoms with van der Waals surface area (Å²) in [7, 11) is -5.84. The highest BCUT2D eigenvalue weighted by Crippen LogP contribution is 2.31. The lowest BCUT2D eigenvalue weighted by Gasteiger charge is -2.35. The van der Waals surface area contributed by atoms with Crippen molar-refractivity contribution in [1.82, 2.24) is 20.3 Å². The maximum absolute atomic E-state index is 12.2. The molecule has 10 nitrogen and oxygen atoms in total. The molecule has 0 spiro atoms. The highest BCUT2D eigenvalue weighted by molar-refractivity contribution is 7.86.